The number of likely N-dealkylation sites (tertiary alicyclic amines) is 1. The minimum Gasteiger partial charge on any atom is -0.351 e. The van der Waals surface area contributed by atoms with Crippen molar-refractivity contribution < 1.29 is 4.79 Å². The summed E-state index contributed by atoms with van der Waals surface area (Å²) in [6, 6.07) is 13.6. The summed E-state index contributed by atoms with van der Waals surface area (Å²) in [5.41, 5.74) is 3.06. The maximum absolute atomic E-state index is 12.3. The first-order valence-electron chi connectivity index (χ1n) is 10.2. The van der Waals surface area contributed by atoms with Crippen LogP contribution in [0.3, 0.4) is 0 Å². The molecule has 0 radical (unpaired) electrons. The summed E-state index contributed by atoms with van der Waals surface area (Å²) in [5.74, 6) is 1.62. The summed E-state index contributed by atoms with van der Waals surface area (Å²) >= 11 is 13.8. The smallest absolute Gasteiger partial charge is 0.251 e. The third-order valence-corrected chi connectivity index (χ3v) is 6.72. The van der Waals surface area contributed by atoms with Crippen LogP contribution in [0.25, 0.3) is 0 Å². The van der Waals surface area contributed by atoms with Crippen LogP contribution in [0.15, 0.2) is 42.5 Å². The lowest BCUT2D eigenvalue weighted by atomic mass is 10.1. The molecule has 0 spiro atoms. The number of benzene rings is 2. The van der Waals surface area contributed by atoms with E-state index in [1.807, 2.05) is 24.3 Å². The summed E-state index contributed by atoms with van der Waals surface area (Å²) in [6.45, 7) is 3.97. The quantitative estimate of drug-likeness (QED) is 0.497. The van der Waals surface area contributed by atoms with Gasteiger partial charge in [-0.1, -0.05) is 54.2 Å². The van der Waals surface area contributed by atoms with Crippen molar-refractivity contribution >= 4 is 40.9 Å². The molecular formula is C23H28Cl2N2OS. The van der Waals surface area contributed by atoms with Gasteiger partial charge in [0, 0.05) is 40.2 Å². The second kappa shape index (κ2) is 11.8. The lowest BCUT2D eigenvalue weighted by Crippen LogP contribution is -2.26. The van der Waals surface area contributed by atoms with Crippen LogP contribution in [0.4, 0.5) is 0 Å². The van der Waals surface area contributed by atoms with Gasteiger partial charge in [-0.05, 0) is 61.3 Å². The molecule has 0 saturated carbocycles. The highest BCUT2D eigenvalue weighted by Crippen LogP contribution is 2.24. The van der Waals surface area contributed by atoms with Crippen molar-refractivity contribution in [1.82, 2.24) is 10.2 Å². The van der Waals surface area contributed by atoms with Gasteiger partial charge < -0.3 is 5.32 Å². The highest BCUT2D eigenvalue weighted by Gasteiger charge is 2.10. The van der Waals surface area contributed by atoms with Crippen LogP contribution in [0.1, 0.15) is 47.2 Å². The van der Waals surface area contributed by atoms with Gasteiger partial charge in [0.1, 0.15) is 0 Å². The number of thioether (sulfide) groups is 1. The van der Waals surface area contributed by atoms with E-state index in [0.29, 0.717) is 16.6 Å². The highest BCUT2D eigenvalue weighted by atomic mass is 35.5. The van der Waals surface area contributed by atoms with Crippen molar-refractivity contribution in [2.45, 2.75) is 38.0 Å². The van der Waals surface area contributed by atoms with Crippen molar-refractivity contribution in [3.8, 4) is 0 Å². The molecule has 1 heterocycles. The predicted octanol–water partition coefficient (Wildman–Crippen LogP) is 6.03. The van der Waals surface area contributed by atoms with E-state index in [-0.39, 0.29) is 5.91 Å². The van der Waals surface area contributed by atoms with E-state index < -0.39 is 0 Å². The average molecular weight is 451 g/mol. The molecule has 1 aliphatic heterocycles. The first kappa shape index (κ1) is 22.5. The van der Waals surface area contributed by atoms with Gasteiger partial charge in [0.2, 0.25) is 0 Å². The Morgan fingerprint density at radius 1 is 1.00 bits per heavy atom. The van der Waals surface area contributed by atoms with E-state index in [1.165, 1.54) is 44.3 Å². The second-order valence-electron chi connectivity index (χ2n) is 7.43. The minimum atomic E-state index is -0.0172. The number of nitrogens with zero attached hydrogens (tertiary/aromatic N) is 1. The molecule has 0 unspecified atom stereocenters. The molecule has 3 rings (SSSR count). The van der Waals surface area contributed by atoms with Gasteiger partial charge in [0.15, 0.2) is 0 Å². The molecule has 156 valence electrons. The minimum absolute atomic E-state index is 0.0172. The van der Waals surface area contributed by atoms with Crippen molar-refractivity contribution in [2.24, 2.45) is 0 Å². The maximum atomic E-state index is 12.3. The summed E-state index contributed by atoms with van der Waals surface area (Å²) in [7, 11) is 0. The molecule has 0 aromatic heterocycles. The SMILES string of the molecule is O=C(NCCSCc1ccc(Cl)cc1Cl)c1ccc(CN2CCCCCC2)cc1. The number of amides is 1. The molecule has 0 atom stereocenters. The first-order chi connectivity index (χ1) is 14.1. The van der Waals surface area contributed by atoms with Crippen molar-refractivity contribution in [1.29, 1.82) is 0 Å². The normalized spacial score (nSPS) is 15.1. The number of hydrogen-bond acceptors (Lipinski definition) is 3. The Balaban J connectivity index is 1.37. The topological polar surface area (TPSA) is 32.3 Å². The Bertz CT molecular complexity index is 790. The van der Waals surface area contributed by atoms with Gasteiger partial charge >= 0.3 is 0 Å². The van der Waals surface area contributed by atoms with Gasteiger partial charge in [-0.3, -0.25) is 9.69 Å². The van der Waals surface area contributed by atoms with Crippen molar-refractivity contribution in [3.05, 3.63) is 69.2 Å². The largest absolute Gasteiger partial charge is 0.351 e. The highest BCUT2D eigenvalue weighted by molar-refractivity contribution is 7.98. The Labute approximate surface area is 188 Å². The average Bonchev–Trinajstić information content (AvgIpc) is 2.98. The van der Waals surface area contributed by atoms with E-state index >= 15 is 0 Å². The number of carbonyl (C=O) groups is 1. The Hall–Kier alpha value is -1.20. The van der Waals surface area contributed by atoms with E-state index in [4.69, 9.17) is 23.2 Å². The third-order valence-electron chi connectivity index (χ3n) is 5.13. The predicted molar refractivity (Wildman–Crippen MR) is 125 cm³/mol. The van der Waals surface area contributed by atoms with E-state index in [9.17, 15) is 4.79 Å². The molecular weight excluding hydrogens is 423 g/mol. The number of halogens is 2. The summed E-state index contributed by atoms with van der Waals surface area (Å²) in [6.07, 6.45) is 5.28. The summed E-state index contributed by atoms with van der Waals surface area (Å²) in [5, 5.41) is 4.33. The Morgan fingerprint density at radius 2 is 1.72 bits per heavy atom. The molecule has 1 saturated heterocycles. The summed E-state index contributed by atoms with van der Waals surface area (Å²) in [4.78, 5) is 14.9. The Kier molecular flexibility index (Phi) is 9.19. The molecule has 1 amide bonds. The third kappa shape index (κ3) is 7.53. The molecule has 29 heavy (non-hydrogen) atoms. The molecule has 1 N–H and O–H groups in total. The lowest BCUT2D eigenvalue weighted by Gasteiger charge is -2.19. The zero-order chi connectivity index (χ0) is 20.5. The molecule has 2 aromatic rings. The first-order valence-corrected chi connectivity index (χ1v) is 12.1. The van der Waals surface area contributed by atoms with Gasteiger partial charge in [-0.25, -0.2) is 0 Å². The van der Waals surface area contributed by atoms with Crippen LogP contribution in [0.2, 0.25) is 10.0 Å². The maximum Gasteiger partial charge on any atom is 0.251 e. The molecule has 6 heteroatoms. The zero-order valence-corrected chi connectivity index (χ0v) is 19.0. The van der Waals surface area contributed by atoms with E-state index in [1.54, 1.807) is 17.8 Å². The van der Waals surface area contributed by atoms with Crippen molar-refractivity contribution in [3.63, 3.8) is 0 Å². The van der Waals surface area contributed by atoms with Gasteiger partial charge in [0.05, 0.1) is 0 Å². The zero-order valence-electron chi connectivity index (χ0n) is 16.6. The van der Waals surface area contributed by atoms with Crippen LogP contribution in [0, 0.1) is 0 Å². The monoisotopic (exact) mass is 450 g/mol. The van der Waals surface area contributed by atoms with Crippen LogP contribution >= 0.6 is 35.0 Å². The van der Waals surface area contributed by atoms with Crippen LogP contribution in [-0.2, 0) is 12.3 Å². The van der Waals surface area contributed by atoms with E-state index in [0.717, 1.165) is 29.2 Å². The fraction of sp³-hybridized carbons (Fsp3) is 0.435. The van der Waals surface area contributed by atoms with E-state index in [2.05, 4.69) is 22.3 Å². The number of hydrogen-bond donors (Lipinski definition) is 1. The lowest BCUT2D eigenvalue weighted by molar-refractivity contribution is 0.0956. The number of nitrogens with one attached hydrogen (secondary N) is 1. The van der Waals surface area contributed by atoms with Crippen LogP contribution < -0.4 is 5.32 Å². The van der Waals surface area contributed by atoms with Gasteiger partial charge in [-0.2, -0.15) is 11.8 Å². The molecule has 0 aliphatic carbocycles. The molecule has 1 fully saturated rings. The van der Waals surface area contributed by atoms with Gasteiger partial charge in [-0.15, -0.1) is 0 Å². The second-order valence-corrected chi connectivity index (χ2v) is 9.38. The molecule has 3 nitrogen and oxygen atoms in total. The van der Waals surface area contributed by atoms with Crippen LogP contribution in [0.5, 0.6) is 0 Å². The standard InChI is InChI=1S/C23H28Cl2N2OS/c24-21-10-9-20(22(25)15-21)17-29-14-11-26-23(28)19-7-5-18(6-8-19)16-27-12-3-1-2-4-13-27/h5-10,15H,1-4,11-14,16-17H2,(H,26,28). The van der Waals surface area contributed by atoms with Crippen LogP contribution in [-0.4, -0.2) is 36.2 Å². The summed E-state index contributed by atoms with van der Waals surface area (Å²) < 4.78 is 0. The number of rotatable bonds is 8. The molecule has 1 aliphatic rings. The van der Waals surface area contributed by atoms with Gasteiger partial charge in [0.25, 0.3) is 5.91 Å². The Morgan fingerprint density at radius 3 is 2.41 bits per heavy atom. The number of carbonyl (C=O) groups excluding carboxylic acids is 1. The molecule has 2 aromatic carbocycles. The fourth-order valence-corrected chi connectivity index (χ4v) is 4.89. The molecule has 0 bridgehead atoms. The van der Waals surface area contributed by atoms with Crippen molar-refractivity contribution in [2.75, 3.05) is 25.4 Å². The fourth-order valence-electron chi connectivity index (χ4n) is 3.47.